The lowest BCUT2D eigenvalue weighted by atomic mass is 10.2. The van der Waals surface area contributed by atoms with Crippen molar-refractivity contribution in [2.75, 3.05) is 21.3 Å². The molecule has 0 spiro atoms. The Labute approximate surface area is 169 Å². The molecule has 0 N–H and O–H groups in total. The van der Waals surface area contributed by atoms with Crippen LogP contribution in [0.3, 0.4) is 0 Å². The van der Waals surface area contributed by atoms with Gasteiger partial charge in [0.15, 0.2) is 8.80 Å². The number of benzene rings is 3. The van der Waals surface area contributed by atoms with Gasteiger partial charge in [0.05, 0.1) is 19.8 Å². The summed E-state index contributed by atoms with van der Waals surface area (Å²) in [6.07, 6.45) is 0. The summed E-state index contributed by atoms with van der Waals surface area (Å²) in [7, 11) is 3.98. The van der Waals surface area contributed by atoms with Crippen molar-refractivity contribution in [2.45, 2.75) is 19.8 Å². The van der Waals surface area contributed by atoms with Crippen molar-refractivity contribution >= 4 is 24.4 Å². The first-order valence-corrected chi connectivity index (χ1v) is 10.9. The van der Waals surface area contributed by atoms with Crippen molar-refractivity contribution in [2.24, 2.45) is 0 Å². The Morgan fingerprint density at radius 1 is 0.500 bits per heavy atom. The Morgan fingerprint density at radius 3 is 1.07 bits per heavy atom. The molecule has 0 amide bonds. The maximum absolute atomic E-state index is 5.51. The van der Waals surface area contributed by atoms with Crippen LogP contribution in [0.5, 0.6) is 0 Å². The number of ether oxygens (including phenoxy) is 3. The van der Waals surface area contributed by atoms with Crippen LogP contribution in [-0.2, 0) is 34.0 Å². The molecule has 3 aromatic rings. The van der Waals surface area contributed by atoms with E-state index >= 15 is 0 Å². The molecule has 0 bridgehead atoms. The van der Waals surface area contributed by atoms with Gasteiger partial charge in [-0.05, 0) is 32.3 Å². The van der Waals surface area contributed by atoms with E-state index in [4.69, 9.17) is 14.2 Å². The molecule has 0 aliphatic rings. The van der Waals surface area contributed by atoms with Crippen LogP contribution in [0.1, 0.15) is 16.7 Å². The summed E-state index contributed by atoms with van der Waals surface area (Å²) in [5.41, 5.74) is 3.70. The number of rotatable bonds is 9. The first-order chi connectivity index (χ1) is 13.8. The number of hydrogen-bond acceptors (Lipinski definition) is 3. The SMILES string of the molecule is COCc1ccccc1[Si](c1ccccc1COC)c1ccccc1COC. The smallest absolute Gasteiger partial charge is 0.155 e. The van der Waals surface area contributed by atoms with Gasteiger partial charge in [-0.2, -0.15) is 0 Å². The Morgan fingerprint density at radius 2 is 0.786 bits per heavy atom. The molecule has 0 aliphatic heterocycles. The van der Waals surface area contributed by atoms with Crippen LogP contribution in [0.25, 0.3) is 0 Å². The Balaban J connectivity index is 2.25. The standard InChI is InChI=1S/C24H27O3Si/c1-25-16-19-10-4-7-13-22(19)28(23-14-8-5-11-20(23)17-26-2)24-15-9-6-12-21(24)18-27-3/h4-15H,16-18H2,1-3H3. The molecular weight excluding hydrogens is 364 g/mol. The normalized spacial score (nSPS) is 11.1. The van der Waals surface area contributed by atoms with E-state index in [0.29, 0.717) is 19.8 Å². The zero-order valence-electron chi connectivity index (χ0n) is 16.8. The minimum Gasteiger partial charge on any atom is -0.380 e. The van der Waals surface area contributed by atoms with Crippen molar-refractivity contribution in [3.8, 4) is 0 Å². The highest BCUT2D eigenvalue weighted by Crippen LogP contribution is 2.09. The molecule has 3 aromatic carbocycles. The van der Waals surface area contributed by atoms with Crippen molar-refractivity contribution < 1.29 is 14.2 Å². The maximum Gasteiger partial charge on any atom is 0.155 e. The van der Waals surface area contributed by atoms with Gasteiger partial charge in [0.1, 0.15) is 0 Å². The van der Waals surface area contributed by atoms with E-state index in [0.717, 1.165) is 0 Å². The van der Waals surface area contributed by atoms with Crippen LogP contribution >= 0.6 is 0 Å². The number of methoxy groups -OCH3 is 3. The molecule has 0 saturated carbocycles. The van der Waals surface area contributed by atoms with E-state index in [-0.39, 0.29) is 0 Å². The van der Waals surface area contributed by atoms with Crippen LogP contribution in [0, 0.1) is 0 Å². The second kappa shape index (κ2) is 10.3. The van der Waals surface area contributed by atoms with Crippen LogP contribution in [0.15, 0.2) is 72.8 Å². The first kappa shape index (κ1) is 20.5. The van der Waals surface area contributed by atoms with Crippen molar-refractivity contribution in [3.05, 3.63) is 89.5 Å². The number of hydrogen-bond donors (Lipinski definition) is 0. The Hall–Kier alpha value is -2.24. The van der Waals surface area contributed by atoms with Crippen molar-refractivity contribution in [1.29, 1.82) is 0 Å². The van der Waals surface area contributed by atoms with Gasteiger partial charge in [-0.1, -0.05) is 72.8 Å². The van der Waals surface area contributed by atoms with E-state index in [1.54, 1.807) is 21.3 Å². The van der Waals surface area contributed by atoms with Crippen LogP contribution in [0.2, 0.25) is 0 Å². The van der Waals surface area contributed by atoms with Gasteiger partial charge in [0, 0.05) is 21.3 Å². The third-order valence-electron chi connectivity index (χ3n) is 4.76. The minimum atomic E-state index is -1.27. The Bertz CT molecular complexity index is 777. The fraction of sp³-hybridized carbons (Fsp3) is 0.250. The van der Waals surface area contributed by atoms with E-state index in [1.807, 2.05) is 0 Å². The second-order valence-electron chi connectivity index (χ2n) is 6.65. The van der Waals surface area contributed by atoms with E-state index in [1.165, 1.54) is 32.3 Å². The molecule has 4 heteroatoms. The molecule has 145 valence electrons. The minimum absolute atomic E-state index is 0.600. The quantitative estimate of drug-likeness (QED) is 0.415. The topological polar surface area (TPSA) is 27.7 Å². The average Bonchev–Trinajstić information content (AvgIpc) is 2.72. The molecule has 1 radical (unpaired) electrons. The van der Waals surface area contributed by atoms with Crippen molar-refractivity contribution in [3.63, 3.8) is 0 Å². The predicted molar refractivity (Wildman–Crippen MR) is 116 cm³/mol. The molecule has 0 heterocycles. The highest BCUT2D eigenvalue weighted by Gasteiger charge is 2.26. The van der Waals surface area contributed by atoms with E-state index in [9.17, 15) is 0 Å². The van der Waals surface area contributed by atoms with Gasteiger partial charge in [-0.3, -0.25) is 0 Å². The lowest BCUT2D eigenvalue weighted by Crippen LogP contribution is -2.55. The molecule has 3 rings (SSSR count). The predicted octanol–water partition coefficient (Wildman–Crippen LogP) is 2.64. The molecule has 0 aromatic heterocycles. The highest BCUT2D eigenvalue weighted by atomic mass is 28.3. The molecule has 28 heavy (non-hydrogen) atoms. The monoisotopic (exact) mass is 391 g/mol. The zero-order valence-corrected chi connectivity index (χ0v) is 17.8. The molecule has 0 aliphatic carbocycles. The summed E-state index contributed by atoms with van der Waals surface area (Å²) < 4.78 is 16.5. The summed E-state index contributed by atoms with van der Waals surface area (Å²) in [5.74, 6) is 0. The maximum atomic E-state index is 5.51. The summed E-state index contributed by atoms with van der Waals surface area (Å²) in [6.45, 7) is 1.80. The second-order valence-corrected chi connectivity index (χ2v) is 9.01. The fourth-order valence-electron chi connectivity index (χ4n) is 3.57. The Kier molecular flexibility index (Phi) is 7.57. The van der Waals surface area contributed by atoms with Gasteiger partial charge >= 0.3 is 0 Å². The van der Waals surface area contributed by atoms with Gasteiger partial charge in [0.25, 0.3) is 0 Å². The molecule has 0 fully saturated rings. The lowest BCUT2D eigenvalue weighted by Gasteiger charge is -2.24. The summed E-state index contributed by atoms with van der Waals surface area (Å²) >= 11 is 0. The van der Waals surface area contributed by atoms with Crippen molar-refractivity contribution in [1.82, 2.24) is 0 Å². The fourth-order valence-corrected chi connectivity index (χ4v) is 6.66. The summed E-state index contributed by atoms with van der Waals surface area (Å²) in [4.78, 5) is 0. The van der Waals surface area contributed by atoms with Crippen LogP contribution in [0.4, 0.5) is 0 Å². The summed E-state index contributed by atoms with van der Waals surface area (Å²) in [5, 5.41) is 4.05. The zero-order chi connectivity index (χ0) is 19.8. The molecule has 0 unspecified atom stereocenters. The van der Waals surface area contributed by atoms with Crippen LogP contribution in [-0.4, -0.2) is 30.1 Å². The van der Waals surface area contributed by atoms with Gasteiger partial charge in [-0.25, -0.2) is 0 Å². The van der Waals surface area contributed by atoms with Crippen LogP contribution < -0.4 is 15.6 Å². The molecule has 0 saturated heterocycles. The van der Waals surface area contributed by atoms with Gasteiger partial charge in [0.2, 0.25) is 0 Å². The highest BCUT2D eigenvalue weighted by molar-refractivity contribution is 6.96. The largest absolute Gasteiger partial charge is 0.380 e. The third-order valence-corrected chi connectivity index (χ3v) is 7.84. The first-order valence-electron chi connectivity index (χ1n) is 9.38. The summed E-state index contributed by atoms with van der Waals surface area (Å²) in [6, 6.07) is 25.9. The molecule has 3 nitrogen and oxygen atoms in total. The van der Waals surface area contributed by atoms with E-state index < -0.39 is 8.80 Å². The van der Waals surface area contributed by atoms with E-state index in [2.05, 4.69) is 72.8 Å². The molecular formula is C24H27O3Si. The van der Waals surface area contributed by atoms with Gasteiger partial charge < -0.3 is 14.2 Å². The third kappa shape index (κ3) is 4.59. The lowest BCUT2D eigenvalue weighted by molar-refractivity contribution is 0.185. The van der Waals surface area contributed by atoms with Gasteiger partial charge in [-0.15, -0.1) is 0 Å². The average molecular weight is 392 g/mol. The molecule has 0 atom stereocenters.